The smallest absolute Gasteiger partial charge is 0.262 e. The summed E-state index contributed by atoms with van der Waals surface area (Å²) in [6.07, 6.45) is 0. The molecule has 0 aromatic heterocycles. The molecule has 0 unspecified atom stereocenters. The second-order valence-electron chi connectivity index (χ2n) is 4.37. The molecule has 2 aromatic rings. The van der Waals surface area contributed by atoms with Gasteiger partial charge < -0.3 is 10.1 Å². The molecule has 2 rings (SSSR count). The van der Waals surface area contributed by atoms with Gasteiger partial charge in [0.2, 0.25) is 0 Å². The highest BCUT2D eigenvalue weighted by Crippen LogP contribution is 2.30. The molecule has 1 N–H and O–H groups in total. The normalized spacial score (nSPS) is 10.3. The number of carbonyl (C=O) groups is 1. The predicted molar refractivity (Wildman–Crippen MR) is 89.5 cm³/mol. The van der Waals surface area contributed by atoms with Crippen molar-refractivity contribution in [2.75, 3.05) is 11.9 Å². The van der Waals surface area contributed by atoms with Gasteiger partial charge in [0, 0.05) is 0 Å². The van der Waals surface area contributed by atoms with Crippen molar-refractivity contribution in [2.24, 2.45) is 0 Å². The highest BCUT2D eigenvalue weighted by atomic mass is 79.9. The van der Waals surface area contributed by atoms with Crippen LogP contribution < -0.4 is 10.1 Å². The lowest BCUT2D eigenvalue weighted by atomic mass is 10.2. The Labute approximate surface area is 141 Å². The molecule has 2 aromatic carbocycles. The number of carbonyl (C=O) groups excluding carboxylic acids is 1. The van der Waals surface area contributed by atoms with Crippen LogP contribution in [0.5, 0.6) is 5.75 Å². The Bertz CT molecular complexity index is 656. The van der Waals surface area contributed by atoms with E-state index in [1.165, 1.54) is 0 Å². The minimum Gasteiger partial charge on any atom is -0.483 e. The summed E-state index contributed by atoms with van der Waals surface area (Å²) in [5.74, 6) is 0.262. The fraction of sp³-hybridized carbons (Fsp3) is 0.133. The molecule has 0 heterocycles. The average molecular weight is 389 g/mol. The van der Waals surface area contributed by atoms with Crippen LogP contribution in [-0.2, 0) is 4.79 Å². The first-order valence-electron chi connectivity index (χ1n) is 6.10. The number of anilines is 1. The average Bonchev–Trinajstić information content (AvgIpc) is 2.42. The molecule has 21 heavy (non-hydrogen) atoms. The summed E-state index contributed by atoms with van der Waals surface area (Å²) in [5.41, 5.74) is 1.49. The molecule has 0 fully saturated rings. The monoisotopic (exact) mass is 387 g/mol. The summed E-state index contributed by atoms with van der Waals surface area (Å²) < 4.78 is 6.26. The van der Waals surface area contributed by atoms with E-state index in [9.17, 15) is 4.79 Å². The van der Waals surface area contributed by atoms with Crippen LogP contribution >= 0.6 is 39.1 Å². The number of para-hydroxylation sites is 1. The highest BCUT2D eigenvalue weighted by Gasteiger charge is 2.11. The maximum atomic E-state index is 11.9. The second-order valence-corrected chi connectivity index (χ2v) is 6.04. The number of ether oxygens (including phenoxy) is 1. The van der Waals surface area contributed by atoms with Crippen LogP contribution in [0.3, 0.4) is 0 Å². The molecule has 1 amide bonds. The third-order valence-electron chi connectivity index (χ3n) is 2.67. The SMILES string of the molecule is Cc1ccc(OCC(=O)Nc2c(Cl)cccc2Cl)c(Br)c1. The first kappa shape index (κ1) is 16.1. The Morgan fingerprint density at radius 2 is 1.90 bits per heavy atom. The van der Waals surface area contributed by atoms with Gasteiger partial charge in [-0.3, -0.25) is 4.79 Å². The van der Waals surface area contributed by atoms with Crippen LogP contribution in [0, 0.1) is 6.92 Å². The Balaban J connectivity index is 1.99. The molecule has 3 nitrogen and oxygen atoms in total. The van der Waals surface area contributed by atoms with Crippen molar-refractivity contribution in [3.63, 3.8) is 0 Å². The zero-order chi connectivity index (χ0) is 15.4. The molecular weight excluding hydrogens is 377 g/mol. The largest absolute Gasteiger partial charge is 0.483 e. The summed E-state index contributed by atoms with van der Waals surface area (Å²) in [7, 11) is 0. The molecule has 0 radical (unpaired) electrons. The first-order valence-corrected chi connectivity index (χ1v) is 7.65. The molecule has 0 spiro atoms. The van der Waals surface area contributed by atoms with E-state index in [-0.39, 0.29) is 12.5 Å². The summed E-state index contributed by atoms with van der Waals surface area (Å²) in [4.78, 5) is 11.9. The lowest BCUT2D eigenvalue weighted by molar-refractivity contribution is -0.118. The topological polar surface area (TPSA) is 38.3 Å². The summed E-state index contributed by atoms with van der Waals surface area (Å²) in [6.45, 7) is 1.84. The quantitative estimate of drug-likeness (QED) is 0.792. The van der Waals surface area contributed by atoms with Gasteiger partial charge in [-0.1, -0.05) is 35.3 Å². The van der Waals surface area contributed by atoms with E-state index < -0.39 is 0 Å². The van der Waals surface area contributed by atoms with Gasteiger partial charge in [-0.25, -0.2) is 0 Å². The van der Waals surface area contributed by atoms with Gasteiger partial charge in [0.1, 0.15) is 5.75 Å². The molecule has 0 saturated carbocycles. The van der Waals surface area contributed by atoms with E-state index in [2.05, 4.69) is 21.2 Å². The van der Waals surface area contributed by atoms with Crippen molar-refractivity contribution in [3.05, 3.63) is 56.5 Å². The summed E-state index contributed by atoms with van der Waals surface area (Å²) in [6, 6.07) is 10.6. The van der Waals surface area contributed by atoms with Gasteiger partial charge in [-0.15, -0.1) is 0 Å². The lowest BCUT2D eigenvalue weighted by Crippen LogP contribution is -2.20. The van der Waals surface area contributed by atoms with E-state index in [1.807, 2.05) is 19.1 Å². The van der Waals surface area contributed by atoms with Gasteiger partial charge >= 0.3 is 0 Å². The van der Waals surface area contributed by atoms with Crippen molar-refractivity contribution in [1.82, 2.24) is 0 Å². The van der Waals surface area contributed by atoms with Gasteiger partial charge in [0.25, 0.3) is 5.91 Å². The fourth-order valence-corrected chi connectivity index (χ4v) is 2.76. The van der Waals surface area contributed by atoms with Crippen LogP contribution in [0.25, 0.3) is 0 Å². The number of nitrogens with one attached hydrogen (secondary N) is 1. The van der Waals surface area contributed by atoms with E-state index in [1.54, 1.807) is 24.3 Å². The molecule has 0 saturated heterocycles. The first-order chi connectivity index (χ1) is 9.97. The van der Waals surface area contributed by atoms with Crippen molar-refractivity contribution in [1.29, 1.82) is 0 Å². The Hall–Kier alpha value is -1.23. The number of halogens is 3. The zero-order valence-corrected chi connectivity index (χ0v) is 14.2. The highest BCUT2D eigenvalue weighted by molar-refractivity contribution is 9.10. The number of aryl methyl sites for hydroxylation is 1. The van der Waals surface area contributed by atoms with Crippen LogP contribution in [0.15, 0.2) is 40.9 Å². The zero-order valence-electron chi connectivity index (χ0n) is 11.1. The molecule has 0 aliphatic heterocycles. The third kappa shape index (κ3) is 4.37. The predicted octanol–water partition coefficient (Wildman–Crippen LogP) is 5.08. The maximum absolute atomic E-state index is 11.9. The molecule has 110 valence electrons. The Morgan fingerprint density at radius 3 is 2.52 bits per heavy atom. The van der Waals surface area contributed by atoms with Crippen molar-refractivity contribution < 1.29 is 9.53 Å². The number of hydrogen-bond donors (Lipinski definition) is 1. The van der Waals surface area contributed by atoms with Gasteiger partial charge in [0.05, 0.1) is 20.2 Å². The molecule has 6 heteroatoms. The van der Waals surface area contributed by atoms with Crippen LogP contribution in [0.2, 0.25) is 10.0 Å². The van der Waals surface area contributed by atoms with Crippen molar-refractivity contribution in [2.45, 2.75) is 6.92 Å². The maximum Gasteiger partial charge on any atom is 0.262 e. The van der Waals surface area contributed by atoms with Crippen molar-refractivity contribution in [3.8, 4) is 5.75 Å². The molecule has 0 aliphatic rings. The van der Waals surface area contributed by atoms with Gasteiger partial charge in [-0.05, 0) is 52.7 Å². The number of benzene rings is 2. The second kappa shape index (κ2) is 7.16. The lowest BCUT2D eigenvalue weighted by Gasteiger charge is -2.11. The van der Waals surface area contributed by atoms with Gasteiger partial charge in [0.15, 0.2) is 6.61 Å². The molecule has 0 aliphatic carbocycles. The molecule has 0 bridgehead atoms. The Kier molecular flexibility index (Phi) is 5.51. The van der Waals surface area contributed by atoms with E-state index in [0.29, 0.717) is 21.5 Å². The minimum absolute atomic E-state index is 0.136. The van der Waals surface area contributed by atoms with Crippen LogP contribution in [-0.4, -0.2) is 12.5 Å². The van der Waals surface area contributed by atoms with E-state index >= 15 is 0 Å². The van der Waals surface area contributed by atoms with Gasteiger partial charge in [-0.2, -0.15) is 0 Å². The van der Waals surface area contributed by atoms with E-state index in [4.69, 9.17) is 27.9 Å². The number of rotatable bonds is 4. The molecular formula is C15H12BrCl2NO2. The summed E-state index contributed by atoms with van der Waals surface area (Å²) >= 11 is 15.4. The van der Waals surface area contributed by atoms with Crippen LogP contribution in [0.4, 0.5) is 5.69 Å². The molecule has 0 atom stereocenters. The third-order valence-corrected chi connectivity index (χ3v) is 3.92. The summed E-state index contributed by atoms with van der Waals surface area (Å²) in [5, 5.41) is 3.40. The Morgan fingerprint density at radius 1 is 1.24 bits per heavy atom. The van der Waals surface area contributed by atoms with E-state index in [0.717, 1.165) is 10.0 Å². The fourth-order valence-electron chi connectivity index (χ4n) is 1.66. The number of hydrogen-bond acceptors (Lipinski definition) is 2. The minimum atomic E-state index is -0.336. The standard InChI is InChI=1S/C15H12BrCl2NO2/c1-9-5-6-13(10(16)7-9)21-8-14(20)19-15-11(17)3-2-4-12(15)18/h2-7H,8H2,1H3,(H,19,20). The van der Waals surface area contributed by atoms with Crippen LogP contribution in [0.1, 0.15) is 5.56 Å². The number of amides is 1. The van der Waals surface area contributed by atoms with Crippen molar-refractivity contribution >= 4 is 50.7 Å².